The molecule has 45 heavy (non-hydrogen) atoms. The molecule has 7 heteroatoms. The Kier molecular flexibility index (Phi) is 27.2. The maximum Gasteiger partial charge on any atom is 0.362 e. The Balaban J connectivity index is 4.72. The average molecular weight is 638 g/mol. The van der Waals surface area contributed by atoms with E-state index >= 15 is 0 Å². The van der Waals surface area contributed by atoms with Crippen molar-refractivity contribution in [2.75, 3.05) is 6.54 Å². The highest BCUT2D eigenvalue weighted by molar-refractivity contribution is 5.77. The molecule has 0 amide bonds. The van der Waals surface area contributed by atoms with E-state index in [2.05, 4.69) is 19.1 Å². The molecular formula is C38H71NO6. The van der Waals surface area contributed by atoms with E-state index in [0.29, 0.717) is 32.1 Å². The number of carbonyl (C=O) groups is 3. The number of unbranched alkanes of at least 4 members (excludes halogenated alkanes) is 17. The predicted octanol–water partition coefficient (Wildman–Crippen LogP) is 9.22. The second-order valence-electron chi connectivity index (χ2n) is 13.3. The lowest BCUT2D eigenvalue weighted by Crippen LogP contribution is -2.74. The lowest BCUT2D eigenvalue weighted by atomic mass is 9.91. The average Bonchev–Trinajstić information content (AvgIpc) is 3.00. The van der Waals surface area contributed by atoms with Crippen molar-refractivity contribution in [3.05, 3.63) is 12.2 Å². The molecule has 0 aromatic rings. The Morgan fingerprint density at radius 3 is 1.18 bits per heavy atom. The topological polar surface area (TPSA) is 115 Å². The number of nitrogens with zero attached hydrogens (tertiary/aromatic N) is 1. The molecule has 0 aliphatic carbocycles. The number of hydrogen-bond acceptors (Lipinski definition) is 4. The largest absolute Gasteiger partial charge is 0.544 e. The summed E-state index contributed by atoms with van der Waals surface area (Å²) in [4.78, 5) is 37.6. The van der Waals surface area contributed by atoms with Crippen LogP contribution in [-0.2, 0) is 14.4 Å². The quantitative estimate of drug-likeness (QED) is 0.0421. The lowest BCUT2D eigenvalue weighted by molar-refractivity contribution is -0.975. The zero-order valence-corrected chi connectivity index (χ0v) is 29.7. The molecule has 0 aromatic carbocycles. The van der Waals surface area contributed by atoms with E-state index in [0.717, 1.165) is 12.8 Å². The van der Waals surface area contributed by atoms with Crippen molar-refractivity contribution in [1.29, 1.82) is 0 Å². The van der Waals surface area contributed by atoms with Crippen LogP contribution in [0.2, 0.25) is 0 Å². The number of aliphatic carboxylic acids is 3. The Labute approximate surface area is 276 Å². The highest BCUT2D eigenvalue weighted by Crippen LogP contribution is 2.34. The Bertz CT molecular complexity index is 722. The van der Waals surface area contributed by atoms with Crippen LogP contribution in [0.5, 0.6) is 0 Å². The van der Waals surface area contributed by atoms with E-state index in [1.165, 1.54) is 96.3 Å². The van der Waals surface area contributed by atoms with E-state index in [9.17, 15) is 29.7 Å². The minimum absolute atomic E-state index is 0.190. The fourth-order valence-electron chi connectivity index (χ4n) is 7.16. The van der Waals surface area contributed by atoms with E-state index in [-0.39, 0.29) is 25.8 Å². The molecule has 264 valence electrons. The molecular weight excluding hydrogens is 566 g/mol. The van der Waals surface area contributed by atoms with Crippen LogP contribution in [0, 0.1) is 0 Å². The summed E-state index contributed by atoms with van der Waals surface area (Å²) in [6, 6.07) is -3.39. The molecule has 2 N–H and O–H groups in total. The highest BCUT2D eigenvalue weighted by Gasteiger charge is 2.54. The number of allylic oxidation sites excluding steroid dienone is 2. The SMILES string of the molecule is CCCCCCCCCCCCCCCCCC/C=C/CCC[N+](C(CCC)C(=O)[O-])(C(CCC)C(=O)O)C(CCC)C(=O)O. The predicted molar refractivity (Wildman–Crippen MR) is 184 cm³/mol. The van der Waals surface area contributed by atoms with E-state index in [4.69, 9.17) is 0 Å². The summed E-state index contributed by atoms with van der Waals surface area (Å²) < 4.78 is -0.463. The van der Waals surface area contributed by atoms with Gasteiger partial charge in [0.1, 0.15) is 6.04 Å². The van der Waals surface area contributed by atoms with Gasteiger partial charge >= 0.3 is 11.9 Å². The minimum Gasteiger partial charge on any atom is -0.544 e. The lowest BCUT2D eigenvalue weighted by Gasteiger charge is -2.52. The van der Waals surface area contributed by atoms with Crippen molar-refractivity contribution in [2.24, 2.45) is 0 Å². The van der Waals surface area contributed by atoms with Crippen molar-refractivity contribution in [3.63, 3.8) is 0 Å². The normalized spacial score (nSPS) is 15.1. The minimum atomic E-state index is -1.35. The Hall–Kier alpha value is -1.89. The molecule has 0 spiro atoms. The molecule has 0 aliphatic rings. The molecule has 0 radical (unpaired) electrons. The fourth-order valence-corrected chi connectivity index (χ4v) is 7.16. The first-order valence-corrected chi connectivity index (χ1v) is 18.9. The van der Waals surface area contributed by atoms with Crippen molar-refractivity contribution in [3.8, 4) is 0 Å². The summed E-state index contributed by atoms with van der Waals surface area (Å²) >= 11 is 0. The first-order valence-electron chi connectivity index (χ1n) is 18.9. The Morgan fingerprint density at radius 1 is 0.511 bits per heavy atom. The summed E-state index contributed by atoms with van der Waals surface area (Å²) in [6.07, 6.45) is 30.2. The molecule has 0 bridgehead atoms. The van der Waals surface area contributed by atoms with Gasteiger partial charge in [0, 0.05) is 25.7 Å². The van der Waals surface area contributed by atoms with Crippen LogP contribution in [0.3, 0.4) is 0 Å². The molecule has 0 aromatic heterocycles. The second kappa shape index (κ2) is 28.3. The van der Waals surface area contributed by atoms with Gasteiger partial charge in [0.25, 0.3) is 0 Å². The van der Waals surface area contributed by atoms with Crippen LogP contribution in [0.15, 0.2) is 12.2 Å². The summed E-state index contributed by atoms with van der Waals surface area (Å²) in [5.74, 6) is -3.60. The summed E-state index contributed by atoms with van der Waals surface area (Å²) in [5.41, 5.74) is 0. The standard InChI is InChI=1S/C38H71NO6/c1-5-9-10-11-12-13-14-15-16-17-18-19-20-21-22-23-24-25-26-27-28-32-39(33(29-6-2)36(40)41,34(30-7-3)37(42)43)35(31-8-4)38(44)45/h25-26,33-35H,5-24,27-32H2,1-4H3,(H2-,40,41,42,43,44,45)/b26-25+. The first-order chi connectivity index (χ1) is 21.7. The van der Waals surface area contributed by atoms with Gasteiger partial charge in [-0.3, -0.25) is 4.48 Å². The molecule has 0 aliphatic heterocycles. The van der Waals surface area contributed by atoms with Crippen molar-refractivity contribution in [1.82, 2.24) is 0 Å². The third-order valence-corrected chi connectivity index (χ3v) is 9.58. The van der Waals surface area contributed by atoms with Crippen molar-refractivity contribution in [2.45, 2.75) is 206 Å². The van der Waals surface area contributed by atoms with Crippen molar-refractivity contribution >= 4 is 17.9 Å². The van der Waals surface area contributed by atoms with E-state index in [1.807, 2.05) is 20.8 Å². The van der Waals surface area contributed by atoms with Gasteiger partial charge in [0.05, 0.1) is 12.5 Å². The molecule has 0 rings (SSSR count). The number of rotatable bonds is 33. The van der Waals surface area contributed by atoms with Gasteiger partial charge in [-0.15, -0.1) is 0 Å². The van der Waals surface area contributed by atoms with Crippen LogP contribution in [0.25, 0.3) is 0 Å². The van der Waals surface area contributed by atoms with Gasteiger partial charge in [-0.05, 0) is 32.1 Å². The first kappa shape index (κ1) is 43.1. The summed E-state index contributed by atoms with van der Waals surface area (Å²) in [7, 11) is 0. The number of quaternary nitrogens is 1. The van der Waals surface area contributed by atoms with Gasteiger partial charge in [-0.1, -0.05) is 143 Å². The number of hydrogen-bond donors (Lipinski definition) is 2. The van der Waals surface area contributed by atoms with Crippen LogP contribution < -0.4 is 5.11 Å². The van der Waals surface area contributed by atoms with Crippen LogP contribution >= 0.6 is 0 Å². The van der Waals surface area contributed by atoms with Gasteiger partial charge < -0.3 is 20.1 Å². The third-order valence-electron chi connectivity index (χ3n) is 9.58. The highest BCUT2D eigenvalue weighted by atomic mass is 16.4. The molecule has 0 saturated carbocycles. The van der Waals surface area contributed by atoms with E-state index < -0.39 is 40.5 Å². The molecule has 0 saturated heterocycles. The molecule has 0 fully saturated rings. The molecule has 0 heterocycles. The van der Waals surface area contributed by atoms with Gasteiger partial charge in [0.2, 0.25) is 0 Å². The van der Waals surface area contributed by atoms with Crippen LogP contribution in [0.1, 0.15) is 188 Å². The van der Waals surface area contributed by atoms with Gasteiger partial charge in [-0.2, -0.15) is 0 Å². The van der Waals surface area contributed by atoms with Gasteiger partial charge in [-0.25, -0.2) is 9.59 Å². The molecule has 7 nitrogen and oxygen atoms in total. The zero-order chi connectivity index (χ0) is 33.8. The number of carboxylic acids is 3. The summed E-state index contributed by atoms with van der Waals surface area (Å²) in [6.45, 7) is 8.02. The number of carboxylic acid groups (broad SMARTS) is 3. The third kappa shape index (κ3) is 18.1. The zero-order valence-electron chi connectivity index (χ0n) is 29.7. The van der Waals surface area contributed by atoms with Gasteiger partial charge in [0.15, 0.2) is 12.1 Å². The maximum atomic E-state index is 12.6. The smallest absolute Gasteiger partial charge is 0.362 e. The number of carbonyl (C=O) groups excluding carboxylic acids is 1. The monoisotopic (exact) mass is 638 g/mol. The molecule has 3 atom stereocenters. The molecule has 3 unspecified atom stereocenters. The second-order valence-corrected chi connectivity index (χ2v) is 13.3. The fraction of sp³-hybridized carbons (Fsp3) is 0.868. The maximum absolute atomic E-state index is 12.6. The van der Waals surface area contributed by atoms with Crippen LogP contribution in [-0.4, -0.2) is 57.3 Å². The Morgan fingerprint density at radius 2 is 0.844 bits per heavy atom. The van der Waals surface area contributed by atoms with Crippen molar-refractivity contribution < 1.29 is 34.2 Å². The van der Waals surface area contributed by atoms with Crippen LogP contribution in [0.4, 0.5) is 0 Å². The summed E-state index contributed by atoms with van der Waals surface area (Å²) in [5, 5.41) is 33.0. The van der Waals surface area contributed by atoms with E-state index in [1.54, 1.807) is 0 Å².